The molecule has 1 heterocycles. The monoisotopic (exact) mass is 377 g/mol. The van der Waals surface area contributed by atoms with Crippen LogP contribution in [0.2, 0.25) is 5.32 Å². The zero-order valence-corrected chi connectivity index (χ0v) is 14.4. The molecule has 1 fully saturated rings. The molecule has 22 heavy (non-hydrogen) atoms. The number of carbonyl (C=O) groups is 1. The second kappa shape index (κ2) is 7.05. The molecule has 2 aromatic rings. The molecule has 3 nitrogen and oxygen atoms in total. The standard InChI is InChI=1S/C17H15NO2SSe/c19-16(12-22-14-9-5-2-6-10-14)18-15(11-20-17(18)21)13-7-3-1-4-8-13/h1-10,15H,11-12H2/t15-/m0/s1. The predicted molar refractivity (Wildman–Crippen MR) is 91.2 cm³/mol. The van der Waals surface area contributed by atoms with Gasteiger partial charge in [-0.15, -0.1) is 0 Å². The summed E-state index contributed by atoms with van der Waals surface area (Å²) in [6.45, 7) is 0.437. The molecule has 0 spiro atoms. The van der Waals surface area contributed by atoms with Crippen LogP contribution in [0.15, 0.2) is 60.7 Å². The van der Waals surface area contributed by atoms with Crippen molar-refractivity contribution in [2.45, 2.75) is 11.4 Å². The van der Waals surface area contributed by atoms with Gasteiger partial charge in [0.05, 0.1) is 0 Å². The first-order chi connectivity index (χ1) is 10.8. The summed E-state index contributed by atoms with van der Waals surface area (Å²) in [4.78, 5) is 14.2. The summed E-state index contributed by atoms with van der Waals surface area (Å²) < 4.78 is 6.66. The first kappa shape index (κ1) is 15.2. The molecule has 1 aliphatic heterocycles. The van der Waals surface area contributed by atoms with Gasteiger partial charge in [0.25, 0.3) is 0 Å². The summed E-state index contributed by atoms with van der Waals surface area (Å²) in [5.41, 5.74) is 1.06. The molecule has 1 atom stereocenters. The van der Waals surface area contributed by atoms with Crippen molar-refractivity contribution >= 4 is 42.7 Å². The van der Waals surface area contributed by atoms with Crippen LogP contribution >= 0.6 is 12.2 Å². The average Bonchev–Trinajstić information content (AvgIpc) is 2.96. The minimum atomic E-state index is -0.104. The number of nitrogens with zero attached hydrogens (tertiary/aromatic N) is 1. The number of hydrogen-bond donors (Lipinski definition) is 0. The molecule has 0 N–H and O–H groups in total. The summed E-state index contributed by atoms with van der Waals surface area (Å²) >= 11 is 5.32. The van der Waals surface area contributed by atoms with E-state index in [9.17, 15) is 4.79 Å². The van der Waals surface area contributed by atoms with Crippen molar-refractivity contribution in [3.63, 3.8) is 0 Å². The van der Waals surface area contributed by atoms with Crippen molar-refractivity contribution < 1.29 is 9.53 Å². The van der Waals surface area contributed by atoms with E-state index in [4.69, 9.17) is 17.0 Å². The van der Waals surface area contributed by atoms with Gasteiger partial charge in [-0.05, 0) is 0 Å². The van der Waals surface area contributed by atoms with Crippen LogP contribution in [0.25, 0.3) is 0 Å². The Hall–Kier alpha value is -1.68. The third-order valence-electron chi connectivity index (χ3n) is 3.43. The van der Waals surface area contributed by atoms with E-state index in [1.54, 1.807) is 4.90 Å². The Morgan fingerprint density at radius 2 is 1.77 bits per heavy atom. The van der Waals surface area contributed by atoms with Gasteiger partial charge >= 0.3 is 141 Å². The van der Waals surface area contributed by atoms with E-state index in [0.717, 1.165) is 5.56 Å². The van der Waals surface area contributed by atoms with Gasteiger partial charge in [0.15, 0.2) is 0 Å². The molecule has 2 aromatic carbocycles. The Bertz CT molecular complexity index is 663. The van der Waals surface area contributed by atoms with Gasteiger partial charge < -0.3 is 0 Å². The van der Waals surface area contributed by atoms with Crippen molar-refractivity contribution in [3.05, 3.63) is 66.2 Å². The topological polar surface area (TPSA) is 29.5 Å². The Balaban J connectivity index is 1.71. The number of hydrogen-bond acceptors (Lipinski definition) is 3. The van der Waals surface area contributed by atoms with Gasteiger partial charge in [0, 0.05) is 0 Å². The van der Waals surface area contributed by atoms with Crippen LogP contribution in [0.1, 0.15) is 11.6 Å². The maximum atomic E-state index is 12.6. The molecule has 0 aromatic heterocycles. The number of carbonyl (C=O) groups excluding carboxylic acids is 1. The van der Waals surface area contributed by atoms with Gasteiger partial charge in [0.2, 0.25) is 0 Å². The van der Waals surface area contributed by atoms with Crippen LogP contribution in [-0.4, -0.2) is 37.5 Å². The van der Waals surface area contributed by atoms with E-state index < -0.39 is 0 Å². The fourth-order valence-electron chi connectivity index (χ4n) is 2.35. The number of ether oxygens (including phenoxy) is 1. The first-order valence-corrected chi connectivity index (χ1v) is 9.45. The van der Waals surface area contributed by atoms with E-state index in [1.807, 2.05) is 48.5 Å². The van der Waals surface area contributed by atoms with Gasteiger partial charge in [-0.3, -0.25) is 0 Å². The van der Waals surface area contributed by atoms with E-state index in [-0.39, 0.29) is 26.9 Å². The number of benzene rings is 2. The molecule has 0 unspecified atom stereocenters. The van der Waals surface area contributed by atoms with E-state index >= 15 is 0 Å². The molecular formula is C17H15NO2SSe. The Morgan fingerprint density at radius 1 is 1.14 bits per heavy atom. The molecule has 0 radical (unpaired) electrons. The fourth-order valence-corrected chi connectivity index (χ4v) is 4.28. The summed E-state index contributed by atoms with van der Waals surface area (Å²) in [5, 5.41) is 0.784. The average molecular weight is 376 g/mol. The number of rotatable bonds is 4. The molecule has 3 rings (SSSR count). The third-order valence-corrected chi connectivity index (χ3v) is 5.84. The van der Waals surface area contributed by atoms with Crippen molar-refractivity contribution in [3.8, 4) is 0 Å². The molecule has 0 saturated carbocycles. The van der Waals surface area contributed by atoms with Crippen LogP contribution in [-0.2, 0) is 9.53 Å². The summed E-state index contributed by atoms with van der Waals surface area (Å²) in [5.74, 6) is 0.0419. The minimum absolute atomic E-state index is 0.0419. The number of thiocarbonyl (C=S) groups is 1. The summed E-state index contributed by atoms with van der Waals surface area (Å²) in [6, 6.07) is 19.9. The number of amides is 1. The van der Waals surface area contributed by atoms with Gasteiger partial charge in [-0.25, -0.2) is 0 Å². The van der Waals surface area contributed by atoms with Crippen LogP contribution < -0.4 is 4.46 Å². The quantitative estimate of drug-likeness (QED) is 0.606. The molecule has 0 aliphatic carbocycles. The predicted octanol–water partition coefficient (Wildman–Crippen LogP) is 2.32. The molecule has 5 heteroatoms. The van der Waals surface area contributed by atoms with Crippen LogP contribution in [0.5, 0.6) is 0 Å². The Labute approximate surface area is 141 Å². The van der Waals surface area contributed by atoms with Crippen molar-refractivity contribution in [2.75, 3.05) is 6.61 Å². The summed E-state index contributed by atoms with van der Waals surface area (Å²) in [6.07, 6.45) is 0. The van der Waals surface area contributed by atoms with Crippen molar-refractivity contribution in [1.29, 1.82) is 0 Å². The van der Waals surface area contributed by atoms with Crippen LogP contribution in [0.3, 0.4) is 0 Å². The SMILES string of the molecule is O=C(C[Se]c1ccccc1)N1C(=S)OC[C@H]1c1ccccc1. The Morgan fingerprint density at radius 3 is 2.45 bits per heavy atom. The van der Waals surface area contributed by atoms with Gasteiger partial charge in [-0.1, -0.05) is 0 Å². The molecule has 1 aliphatic rings. The maximum absolute atomic E-state index is 12.6. The molecule has 1 amide bonds. The van der Waals surface area contributed by atoms with E-state index in [0.29, 0.717) is 17.1 Å². The van der Waals surface area contributed by atoms with Crippen LogP contribution in [0, 0.1) is 0 Å². The van der Waals surface area contributed by atoms with Gasteiger partial charge in [-0.2, -0.15) is 0 Å². The fraction of sp³-hybridized carbons (Fsp3) is 0.176. The second-order valence-electron chi connectivity index (χ2n) is 4.87. The zero-order valence-electron chi connectivity index (χ0n) is 11.8. The van der Waals surface area contributed by atoms with E-state index in [1.165, 1.54) is 4.46 Å². The Kier molecular flexibility index (Phi) is 4.88. The van der Waals surface area contributed by atoms with Crippen molar-refractivity contribution in [2.24, 2.45) is 0 Å². The van der Waals surface area contributed by atoms with E-state index in [2.05, 4.69) is 12.1 Å². The molecule has 1 saturated heterocycles. The summed E-state index contributed by atoms with van der Waals surface area (Å²) in [7, 11) is 0. The zero-order chi connectivity index (χ0) is 15.4. The normalized spacial score (nSPS) is 17.4. The van der Waals surface area contributed by atoms with Gasteiger partial charge in [0.1, 0.15) is 0 Å². The van der Waals surface area contributed by atoms with Crippen LogP contribution in [0.4, 0.5) is 0 Å². The third kappa shape index (κ3) is 3.38. The molecule has 112 valence electrons. The van der Waals surface area contributed by atoms with Crippen molar-refractivity contribution in [1.82, 2.24) is 4.90 Å². The molecular weight excluding hydrogens is 361 g/mol. The first-order valence-electron chi connectivity index (χ1n) is 6.97. The molecule has 0 bridgehead atoms. The second-order valence-corrected chi connectivity index (χ2v) is 7.42.